The molecular weight excluding hydrogens is 482 g/mol. The number of ether oxygens (including phenoxy) is 3. The molecule has 162 valence electrons. The molecule has 0 atom stereocenters. The fourth-order valence-corrected chi connectivity index (χ4v) is 3.76. The number of halogens is 2. The minimum Gasteiger partial charge on any atom is -0.493 e. The maximum absolute atomic E-state index is 11.8. The number of carbonyl (C=O) groups is 1. The predicted octanol–water partition coefficient (Wildman–Crippen LogP) is 6.48. The van der Waals surface area contributed by atoms with Crippen LogP contribution < -0.4 is 14.8 Å². The van der Waals surface area contributed by atoms with Gasteiger partial charge in [-0.05, 0) is 82.5 Å². The smallest absolute Gasteiger partial charge is 0.338 e. The number of hydrogen-bond donors (Lipinski definition) is 1. The van der Waals surface area contributed by atoms with Gasteiger partial charge in [0.15, 0.2) is 11.5 Å². The average Bonchev–Trinajstić information content (AvgIpc) is 2.77. The SMILES string of the molecule is CCOC(=O)c1ccc(NCc2cc(Br)c(OCc3cccc(Cl)c3)c(OC)c2)cc1. The van der Waals surface area contributed by atoms with Crippen LogP contribution in [0, 0.1) is 0 Å². The summed E-state index contributed by atoms with van der Waals surface area (Å²) in [5.74, 6) is 0.937. The standard InChI is InChI=1S/C24H23BrClNO4/c1-3-30-24(28)18-7-9-20(10-8-18)27-14-17-12-21(25)23(22(13-17)29-2)31-15-16-5-4-6-19(26)11-16/h4-13,27H,3,14-15H2,1-2H3. The summed E-state index contributed by atoms with van der Waals surface area (Å²) < 4.78 is 17.3. The minimum atomic E-state index is -0.323. The third-order valence-corrected chi connectivity index (χ3v) is 5.28. The molecule has 0 radical (unpaired) electrons. The summed E-state index contributed by atoms with van der Waals surface area (Å²) >= 11 is 9.62. The van der Waals surface area contributed by atoms with Crippen molar-refractivity contribution in [1.82, 2.24) is 0 Å². The Labute approximate surface area is 195 Å². The molecular formula is C24H23BrClNO4. The van der Waals surface area contributed by atoms with Crippen molar-refractivity contribution < 1.29 is 19.0 Å². The summed E-state index contributed by atoms with van der Waals surface area (Å²) in [6.45, 7) is 3.09. The van der Waals surface area contributed by atoms with Crippen LogP contribution in [-0.2, 0) is 17.9 Å². The van der Waals surface area contributed by atoms with Crippen molar-refractivity contribution in [2.24, 2.45) is 0 Å². The lowest BCUT2D eigenvalue weighted by molar-refractivity contribution is 0.0526. The van der Waals surface area contributed by atoms with E-state index >= 15 is 0 Å². The highest BCUT2D eigenvalue weighted by molar-refractivity contribution is 9.10. The molecule has 3 aromatic rings. The molecule has 3 rings (SSSR count). The number of benzene rings is 3. The zero-order valence-corrected chi connectivity index (χ0v) is 19.6. The molecule has 0 aromatic heterocycles. The van der Waals surface area contributed by atoms with Gasteiger partial charge in [0, 0.05) is 17.3 Å². The third kappa shape index (κ3) is 6.39. The topological polar surface area (TPSA) is 56.8 Å². The number of esters is 1. The van der Waals surface area contributed by atoms with E-state index in [9.17, 15) is 4.79 Å². The quantitative estimate of drug-likeness (QED) is 0.338. The highest BCUT2D eigenvalue weighted by Gasteiger charge is 2.13. The Hall–Kier alpha value is -2.70. The Kier molecular flexibility index (Phi) is 8.20. The van der Waals surface area contributed by atoms with Gasteiger partial charge in [0.2, 0.25) is 0 Å². The Bertz CT molecular complexity index is 1040. The van der Waals surface area contributed by atoms with E-state index in [2.05, 4.69) is 21.2 Å². The number of carbonyl (C=O) groups excluding carboxylic acids is 1. The van der Waals surface area contributed by atoms with Crippen molar-refractivity contribution >= 4 is 39.2 Å². The summed E-state index contributed by atoms with van der Waals surface area (Å²) in [4.78, 5) is 11.8. The zero-order chi connectivity index (χ0) is 22.2. The Balaban J connectivity index is 1.66. The van der Waals surface area contributed by atoms with Gasteiger partial charge >= 0.3 is 5.97 Å². The van der Waals surface area contributed by atoms with Gasteiger partial charge in [0.1, 0.15) is 6.61 Å². The van der Waals surface area contributed by atoms with Gasteiger partial charge in [-0.1, -0.05) is 23.7 Å². The van der Waals surface area contributed by atoms with E-state index < -0.39 is 0 Å². The molecule has 0 amide bonds. The van der Waals surface area contributed by atoms with E-state index in [1.165, 1.54) is 0 Å². The molecule has 0 saturated heterocycles. The Morgan fingerprint density at radius 2 is 1.84 bits per heavy atom. The number of methoxy groups -OCH3 is 1. The van der Waals surface area contributed by atoms with Gasteiger partial charge in [0.25, 0.3) is 0 Å². The molecule has 0 unspecified atom stereocenters. The molecule has 31 heavy (non-hydrogen) atoms. The maximum atomic E-state index is 11.8. The number of rotatable bonds is 9. The molecule has 0 aliphatic heterocycles. The van der Waals surface area contributed by atoms with Crippen molar-refractivity contribution in [1.29, 1.82) is 0 Å². The first-order chi connectivity index (χ1) is 15.0. The summed E-state index contributed by atoms with van der Waals surface area (Å²) in [5, 5.41) is 4.01. The second-order valence-corrected chi connectivity index (χ2v) is 7.97. The second-order valence-electron chi connectivity index (χ2n) is 6.68. The molecule has 0 fully saturated rings. The molecule has 0 spiro atoms. The fraction of sp³-hybridized carbons (Fsp3) is 0.208. The molecule has 0 saturated carbocycles. The van der Waals surface area contributed by atoms with Gasteiger partial charge in [-0.15, -0.1) is 0 Å². The summed E-state index contributed by atoms with van der Waals surface area (Å²) in [6, 6.07) is 18.6. The molecule has 0 aliphatic rings. The van der Waals surface area contributed by atoms with Gasteiger partial charge in [-0.25, -0.2) is 4.79 Å². The van der Waals surface area contributed by atoms with Crippen molar-refractivity contribution in [2.45, 2.75) is 20.1 Å². The van der Waals surface area contributed by atoms with Crippen LogP contribution in [-0.4, -0.2) is 19.7 Å². The van der Waals surface area contributed by atoms with Crippen LogP contribution in [0.3, 0.4) is 0 Å². The lowest BCUT2D eigenvalue weighted by Crippen LogP contribution is -2.05. The highest BCUT2D eigenvalue weighted by Crippen LogP contribution is 2.37. The molecule has 0 aliphatic carbocycles. The summed E-state index contributed by atoms with van der Waals surface area (Å²) in [7, 11) is 1.61. The lowest BCUT2D eigenvalue weighted by Gasteiger charge is -2.15. The summed E-state index contributed by atoms with van der Waals surface area (Å²) in [6.07, 6.45) is 0. The van der Waals surface area contributed by atoms with E-state index in [0.717, 1.165) is 21.3 Å². The van der Waals surface area contributed by atoms with E-state index in [-0.39, 0.29) is 5.97 Å². The first-order valence-corrected chi connectivity index (χ1v) is 10.9. The van der Waals surface area contributed by atoms with Crippen LogP contribution in [0.5, 0.6) is 11.5 Å². The molecule has 3 aromatic carbocycles. The van der Waals surface area contributed by atoms with Crippen LogP contribution in [0.25, 0.3) is 0 Å². The van der Waals surface area contributed by atoms with E-state index in [0.29, 0.717) is 41.8 Å². The van der Waals surface area contributed by atoms with Crippen LogP contribution in [0.2, 0.25) is 5.02 Å². The van der Waals surface area contributed by atoms with E-state index in [1.807, 2.05) is 48.5 Å². The lowest BCUT2D eigenvalue weighted by atomic mass is 10.1. The van der Waals surface area contributed by atoms with E-state index in [1.54, 1.807) is 26.2 Å². The van der Waals surface area contributed by atoms with Crippen LogP contribution in [0.15, 0.2) is 65.1 Å². The van der Waals surface area contributed by atoms with Crippen LogP contribution in [0.4, 0.5) is 5.69 Å². The number of hydrogen-bond acceptors (Lipinski definition) is 5. The van der Waals surface area contributed by atoms with Crippen molar-refractivity contribution in [2.75, 3.05) is 19.0 Å². The third-order valence-electron chi connectivity index (χ3n) is 4.45. The molecule has 7 heteroatoms. The summed E-state index contributed by atoms with van der Waals surface area (Å²) in [5.41, 5.74) is 3.40. The van der Waals surface area contributed by atoms with Gasteiger partial charge < -0.3 is 19.5 Å². The molecule has 0 bridgehead atoms. The minimum absolute atomic E-state index is 0.323. The Morgan fingerprint density at radius 1 is 1.06 bits per heavy atom. The maximum Gasteiger partial charge on any atom is 0.338 e. The molecule has 0 heterocycles. The first kappa shape index (κ1) is 23.0. The largest absolute Gasteiger partial charge is 0.493 e. The highest BCUT2D eigenvalue weighted by atomic mass is 79.9. The van der Waals surface area contributed by atoms with Crippen molar-refractivity contribution in [3.63, 3.8) is 0 Å². The van der Waals surface area contributed by atoms with Gasteiger partial charge in [0.05, 0.1) is 23.8 Å². The van der Waals surface area contributed by atoms with Crippen LogP contribution in [0.1, 0.15) is 28.4 Å². The van der Waals surface area contributed by atoms with Crippen molar-refractivity contribution in [3.8, 4) is 11.5 Å². The first-order valence-electron chi connectivity index (χ1n) is 9.75. The second kappa shape index (κ2) is 11.1. The Morgan fingerprint density at radius 3 is 2.52 bits per heavy atom. The van der Waals surface area contributed by atoms with Crippen molar-refractivity contribution in [3.05, 3.63) is 86.8 Å². The zero-order valence-electron chi connectivity index (χ0n) is 17.3. The predicted molar refractivity (Wildman–Crippen MR) is 126 cm³/mol. The number of anilines is 1. The van der Waals surface area contributed by atoms with E-state index in [4.69, 9.17) is 25.8 Å². The molecule has 1 N–H and O–H groups in total. The van der Waals surface area contributed by atoms with Crippen LogP contribution >= 0.6 is 27.5 Å². The normalized spacial score (nSPS) is 10.5. The average molecular weight is 505 g/mol. The number of nitrogens with one attached hydrogen (secondary N) is 1. The molecule has 5 nitrogen and oxygen atoms in total. The van der Waals surface area contributed by atoms with Gasteiger partial charge in [-0.3, -0.25) is 0 Å². The van der Waals surface area contributed by atoms with Gasteiger partial charge in [-0.2, -0.15) is 0 Å². The monoisotopic (exact) mass is 503 g/mol. The fourth-order valence-electron chi connectivity index (χ4n) is 2.94.